The highest BCUT2D eigenvalue weighted by molar-refractivity contribution is 9.10. The van der Waals surface area contributed by atoms with Gasteiger partial charge in [0.05, 0.1) is 5.02 Å². The summed E-state index contributed by atoms with van der Waals surface area (Å²) in [6.45, 7) is 0. The van der Waals surface area contributed by atoms with E-state index < -0.39 is 11.9 Å². The number of rotatable bonds is 4. The number of anilines is 1. The average molecular weight is 340 g/mol. The van der Waals surface area contributed by atoms with Crippen LogP contribution >= 0.6 is 27.5 Å². The van der Waals surface area contributed by atoms with Crippen LogP contribution in [0.1, 0.15) is 11.6 Å². The van der Waals surface area contributed by atoms with E-state index in [0.717, 1.165) is 15.7 Å². The lowest BCUT2D eigenvalue weighted by atomic mass is 10.1. The van der Waals surface area contributed by atoms with Crippen LogP contribution in [0.2, 0.25) is 5.02 Å². The van der Waals surface area contributed by atoms with Gasteiger partial charge in [0.25, 0.3) is 0 Å². The molecule has 1 atom stereocenters. The smallest absolute Gasteiger partial charge is 0.244 e. The highest BCUT2D eigenvalue weighted by Gasteiger charge is 2.18. The van der Waals surface area contributed by atoms with Crippen molar-refractivity contribution in [2.45, 2.75) is 6.04 Å². The minimum absolute atomic E-state index is 0.456. The highest BCUT2D eigenvalue weighted by Crippen LogP contribution is 2.27. The fourth-order valence-corrected chi connectivity index (χ4v) is 2.15. The van der Waals surface area contributed by atoms with Gasteiger partial charge in [0.1, 0.15) is 6.04 Å². The molecular formula is C14H12BrClN2O. The van der Waals surface area contributed by atoms with Crippen molar-refractivity contribution < 1.29 is 4.79 Å². The van der Waals surface area contributed by atoms with Crippen LogP contribution in [0.5, 0.6) is 0 Å². The Labute approximate surface area is 124 Å². The van der Waals surface area contributed by atoms with Gasteiger partial charge in [-0.15, -0.1) is 0 Å². The maximum Gasteiger partial charge on any atom is 0.244 e. The summed E-state index contributed by atoms with van der Waals surface area (Å²) >= 11 is 9.35. The Balaban J connectivity index is 2.30. The molecule has 1 unspecified atom stereocenters. The van der Waals surface area contributed by atoms with Gasteiger partial charge in [0, 0.05) is 10.2 Å². The number of hydrogen-bond acceptors (Lipinski definition) is 2. The molecule has 0 bridgehead atoms. The summed E-state index contributed by atoms with van der Waals surface area (Å²) in [5.74, 6) is -0.456. The Kier molecular flexibility index (Phi) is 4.45. The predicted octanol–water partition coefficient (Wildman–Crippen LogP) is 3.74. The monoisotopic (exact) mass is 338 g/mol. The lowest BCUT2D eigenvalue weighted by Gasteiger charge is -2.17. The number of benzene rings is 2. The summed E-state index contributed by atoms with van der Waals surface area (Å²) in [7, 11) is 0. The van der Waals surface area contributed by atoms with Crippen LogP contribution in [0.4, 0.5) is 5.69 Å². The SMILES string of the molecule is NC(=O)C(Nc1ccccc1)c1ccc(Br)c(Cl)c1. The van der Waals surface area contributed by atoms with E-state index in [1.54, 1.807) is 18.2 Å². The first-order valence-corrected chi connectivity index (χ1v) is 6.81. The van der Waals surface area contributed by atoms with Crippen LogP contribution in [0, 0.1) is 0 Å². The van der Waals surface area contributed by atoms with Gasteiger partial charge in [-0.3, -0.25) is 4.79 Å². The number of para-hydroxylation sites is 1. The summed E-state index contributed by atoms with van der Waals surface area (Å²) in [4.78, 5) is 11.6. The first-order chi connectivity index (χ1) is 9.08. The number of nitrogens with one attached hydrogen (secondary N) is 1. The number of hydrogen-bond donors (Lipinski definition) is 2. The maximum atomic E-state index is 11.6. The van der Waals surface area contributed by atoms with E-state index in [0.29, 0.717) is 5.02 Å². The number of halogens is 2. The fourth-order valence-electron chi connectivity index (χ4n) is 1.71. The molecule has 0 aliphatic rings. The standard InChI is InChI=1S/C14H12BrClN2O/c15-11-7-6-9(8-12(11)16)13(14(17)19)18-10-4-2-1-3-5-10/h1-8,13,18H,(H2,17,19). The predicted molar refractivity (Wildman–Crippen MR) is 81.2 cm³/mol. The Bertz CT molecular complexity index is 589. The van der Waals surface area contributed by atoms with Crippen molar-refractivity contribution >= 4 is 39.1 Å². The molecular weight excluding hydrogens is 328 g/mol. The molecule has 0 saturated heterocycles. The molecule has 0 radical (unpaired) electrons. The third kappa shape index (κ3) is 3.49. The van der Waals surface area contributed by atoms with E-state index in [-0.39, 0.29) is 0 Å². The summed E-state index contributed by atoms with van der Waals surface area (Å²) in [6.07, 6.45) is 0. The molecule has 2 aromatic rings. The van der Waals surface area contributed by atoms with Crippen molar-refractivity contribution in [2.24, 2.45) is 5.73 Å². The molecule has 0 spiro atoms. The second-order valence-corrected chi connectivity index (χ2v) is 5.28. The first kappa shape index (κ1) is 13.9. The topological polar surface area (TPSA) is 55.1 Å². The molecule has 19 heavy (non-hydrogen) atoms. The lowest BCUT2D eigenvalue weighted by molar-refractivity contribution is -0.118. The third-order valence-corrected chi connectivity index (χ3v) is 3.88. The fraction of sp³-hybridized carbons (Fsp3) is 0.0714. The number of carbonyl (C=O) groups excluding carboxylic acids is 1. The molecule has 0 aromatic heterocycles. The van der Waals surface area contributed by atoms with Crippen LogP contribution in [0.3, 0.4) is 0 Å². The van der Waals surface area contributed by atoms with Gasteiger partial charge in [-0.25, -0.2) is 0 Å². The second-order valence-electron chi connectivity index (χ2n) is 4.02. The number of primary amides is 1. The van der Waals surface area contributed by atoms with Gasteiger partial charge in [-0.2, -0.15) is 0 Å². The molecule has 0 saturated carbocycles. The van der Waals surface area contributed by atoms with E-state index in [2.05, 4.69) is 21.2 Å². The van der Waals surface area contributed by atoms with Crippen LogP contribution in [-0.2, 0) is 4.79 Å². The Morgan fingerprint density at radius 3 is 2.47 bits per heavy atom. The van der Waals surface area contributed by atoms with Gasteiger partial charge >= 0.3 is 0 Å². The largest absolute Gasteiger partial charge is 0.370 e. The van der Waals surface area contributed by atoms with Crippen molar-refractivity contribution in [3.8, 4) is 0 Å². The third-order valence-electron chi connectivity index (χ3n) is 2.65. The first-order valence-electron chi connectivity index (χ1n) is 5.64. The zero-order chi connectivity index (χ0) is 13.8. The minimum Gasteiger partial charge on any atom is -0.370 e. The number of nitrogens with two attached hydrogens (primary N) is 1. The molecule has 0 aliphatic heterocycles. The second kappa shape index (κ2) is 6.08. The summed E-state index contributed by atoms with van der Waals surface area (Å²) < 4.78 is 0.779. The zero-order valence-electron chi connectivity index (χ0n) is 9.94. The summed E-state index contributed by atoms with van der Waals surface area (Å²) in [5, 5.41) is 3.63. The maximum absolute atomic E-state index is 11.6. The van der Waals surface area contributed by atoms with Crippen molar-refractivity contribution in [3.63, 3.8) is 0 Å². The van der Waals surface area contributed by atoms with E-state index in [1.165, 1.54) is 0 Å². The van der Waals surface area contributed by atoms with Crippen LogP contribution in [0.15, 0.2) is 53.0 Å². The van der Waals surface area contributed by atoms with Gasteiger partial charge in [-0.05, 0) is 45.8 Å². The molecule has 98 valence electrons. The van der Waals surface area contributed by atoms with Crippen molar-refractivity contribution in [1.29, 1.82) is 0 Å². The molecule has 2 aromatic carbocycles. The van der Waals surface area contributed by atoms with Gasteiger partial charge in [0.2, 0.25) is 5.91 Å². The quantitative estimate of drug-likeness (QED) is 0.891. The highest BCUT2D eigenvalue weighted by atomic mass is 79.9. The molecule has 0 fully saturated rings. The molecule has 0 aliphatic carbocycles. The zero-order valence-corrected chi connectivity index (χ0v) is 12.3. The summed E-state index contributed by atoms with van der Waals surface area (Å²) in [6, 6.07) is 14.1. The molecule has 0 heterocycles. The normalized spacial score (nSPS) is 11.9. The van der Waals surface area contributed by atoms with E-state index in [9.17, 15) is 4.79 Å². The van der Waals surface area contributed by atoms with E-state index in [4.69, 9.17) is 17.3 Å². The minimum atomic E-state index is -0.618. The van der Waals surface area contributed by atoms with Gasteiger partial charge in [-0.1, -0.05) is 35.9 Å². The Hall–Kier alpha value is -1.52. The van der Waals surface area contributed by atoms with Crippen molar-refractivity contribution in [3.05, 3.63) is 63.6 Å². The van der Waals surface area contributed by atoms with E-state index in [1.807, 2.05) is 30.3 Å². The van der Waals surface area contributed by atoms with Crippen molar-refractivity contribution in [2.75, 3.05) is 5.32 Å². The Morgan fingerprint density at radius 2 is 1.89 bits per heavy atom. The molecule has 3 N–H and O–H groups in total. The number of amides is 1. The van der Waals surface area contributed by atoms with Gasteiger partial charge in [0.15, 0.2) is 0 Å². The van der Waals surface area contributed by atoms with Gasteiger partial charge < -0.3 is 11.1 Å². The summed E-state index contributed by atoms with van der Waals surface area (Å²) in [5.41, 5.74) is 7.00. The van der Waals surface area contributed by atoms with Crippen molar-refractivity contribution in [1.82, 2.24) is 0 Å². The Morgan fingerprint density at radius 1 is 1.21 bits per heavy atom. The number of carbonyl (C=O) groups is 1. The van der Waals surface area contributed by atoms with Crippen LogP contribution in [-0.4, -0.2) is 5.91 Å². The molecule has 1 amide bonds. The van der Waals surface area contributed by atoms with Crippen LogP contribution < -0.4 is 11.1 Å². The average Bonchev–Trinajstić information content (AvgIpc) is 2.40. The molecule has 2 rings (SSSR count). The van der Waals surface area contributed by atoms with E-state index >= 15 is 0 Å². The molecule has 5 heteroatoms. The molecule has 3 nitrogen and oxygen atoms in total. The van der Waals surface area contributed by atoms with Crippen LogP contribution in [0.25, 0.3) is 0 Å². The lowest BCUT2D eigenvalue weighted by Crippen LogP contribution is -2.27.